The predicted octanol–water partition coefficient (Wildman–Crippen LogP) is 2.64. The Bertz CT molecular complexity index is 813. The molecule has 1 unspecified atom stereocenters. The molecule has 2 aromatic carbocycles. The van der Waals surface area contributed by atoms with Crippen molar-refractivity contribution in [2.75, 3.05) is 13.6 Å². The summed E-state index contributed by atoms with van der Waals surface area (Å²) in [5, 5.41) is 0. The average molecular weight is 340 g/mol. The molecule has 0 saturated heterocycles. The highest BCUT2D eigenvalue weighted by Crippen LogP contribution is 2.24. The fourth-order valence-corrected chi connectivity index (χ4v) is 2.81. The van der Waals surface area contributed by atoms with E-state index in [0.29, 0.717) is 11.1 Å². The molecule has 0 aromatic heterocycles. The van der Waals surface area contributed by atoms with Crippen LogP contribution in [0.25, 0.3) is 0 Å². The van der Waals surface area contributed by atoms with E-state index in [1.807, 2.05) is 0 Å². The first-order valence-electron chi connectivity index (χ1n) is 7.86. The normalized spacial score (nSPS) is 14.4. The van der Waals surface area contributed by atoms with E-state index in [9.17, 15) is 18.8 Å². The first-order valence-corrected chi connectivity index (χ1v) is 7.86. The lowest BCUT2D eigenvalue weighted by Crippen LogP contribution is -2.42. The van der Waals surface area contributed by atoms with Crippen LogP contribution in [0.2, 0.25) is 0 Å². The molecule has 25 heavy (non-hydrogen) atoms. The van der Waals surface area contributed by atoms with Crippen molar-refractivity contribution in [3.63, 3.8) is 0 Å². The lowest BCUT2D eigenvalue weighted by atomic mass is 10.1. The second-order valence-corrected chi connectivity index (χ2v) is 5.97. The van der Waals surface area contributed by atoms with E-state index in [4.69, 9.17) is 0 Å². The van der Waals surface area contributed by atoms with Gasteiger partial charge in [0.2, 0.25) is 5.91 Å². The van der Waals surface area contributed by atoms with Gasteiger partial charge in [-0.1, -0.05) is 24.3 Å². The number of amides is 3. The lowest BCUT2D eigenvalue weighted by molar-refractivity contribution is -0.132. The third-order valence-corrected chi connectivity index (χ3v) is 4.50. The van der Waals surface area contributed by atoms with Gasteiger partial charge in [-0.25, -0.2) is 4.39 Å². The minimum absolute atomic E-state index is 0.314. The van der Waals surface area contributed by atoms with Crippen molar-refractivity contribution in [1.82, 2.24) is 9.80 Å². The van der Waals surface area contributed by atoms with Crippen molar-refractivity contribution >= 4 is 17.7 Å². The van der Waals surface area contributed by atoms with Crippen LogP contribution in [-0.2, 0) is 4.79 Å². The minimum atomic E-state index is -0.461. The number of nitrogens with zero attached hydrogens (tertiary/aromatic N) is 2. The van der Waals surface area contributed by atoms with Crippen LogP contribution < -0.4 is 0 Å². The summed E-state index contributed by atoms with van der Waals surface area (Å²) >= 11 is 0. The SMILES string of the molecule is CC(c1ccc(F)cc1)N(C)C(=O)CN1C(=O)c2ccccc2C1=O. The standard InChI is InChI=1S/C19H17FN2O3/c1-12(13-7-9-14(20)10-8-13)21(2)17(23)11-22-18(24)15-5-3-4-6-16(15)19(22)25/h3-10,12H,11H2,1-2H3. The Labute approximate surface area is 144 Å². The summed E-state index contributed by atoms with van der Waals surface area (Å²) in [4.78, 5) is 39.6. The quantitative estimate of drug-likeness (QED) is 0.804. The summed E-state index contributed by atoms with van der Waals surface area (Å²) < 4.78 is 13.0. The number of imide groups is 1. The molecule has 3 rings (SSSR count). The molecule has 0 spiro atoms. The van der Waals surface area contributed by atoms with Gasteiger partial charge in [-0.2, -0.15) is 0 Å². The number of carbonyl (C=O) groups is 3. The molecule has 128 valence electrons. The molecule has 1 atom stereocenters. The number of hydrogen-bond donors (Lipinski definition) is 0. The van der Waals surface area contributed by atoms with Crippen molar-refractivity contribution in [3.8, 4) is 0 Å². The Hall–Kier alpha value is -3.02. The van der Waals surface area contributed by atoms with Gasteiger partial charge in [0.25, 0.3) is 11.8 Å². The van der Waals surface area contributed by atoms with Crippen LogP contribution in [0.4, 0.5) is 4.39 Å². The first-order chi connectivity index (χ1) is 11.9. The summed E-state index contributed by atoms with van der Waals surface area (Å²) in [6, 6.07) is 12.1. The highest BCUT2D eigenvalue weighted by atomic mass is 19.1. The van der Waals surface area contributed by atoms with Gasteiger partial charge >= 0.3 is 0 Å². The zero-order valence-corrected chi connectivity index (χ0v) is 13.9. The van der Waals surface area contributed by atoms with E-state index in [-0.39, 0.29) is 24.3 Å². The molecule has 0 bridgehead atoms. The minimum Gasteiger partial charge on any atom is -0.337 e. The predicted molar refractivity (Wildman–Crippen MR) is 89.4 cm³/mol. The van der Waals surface area contributed by atoms with Gasteiger partial charge in [-0.15, -0.1) is 0 Å². The third kappa shape index (κ3) is 3.03. The second kappa shape index (κ2) is 6.47. The molecule has 0 N–H and O–H groups in total. The molecule has 1 aliphatic rings. The number of fused-ring (bicyclic) bond motifs is 1. The molecule has 1 heterocycles. The van der Waals surface area contributed by atoms with Crippen LogP contribution in [-0.4, -0.2) is 41.1 Å². The Morgan fingerprint density at radius 2 is 1.56 bits per heavy atom. The highest BCUT2D eigenvalue weighted by molar-refractivity contribution is 6.22. The molecule has 0 radical (unpaired) electrons. The maximum absolute atomic E-state index is 13.0. The summed E-state index contributed by atoms with van der Waals surface area (Å²) in [6.07, 6.45) is 0. The van der Waals surface area contributed by atoms with E-state index in [0.717, 1.165) is 10.5 Å². The van der Waals surface area contributed by atoms with Gasteiger partial charge in [0, 0.05) is 7.05 Å². The van der Waals surface area contributed by atoms with Crippen molar-refractivity contribution in [2.45, 2.75) is 13.0 Å². The molecule has 5 nitrogen and oxygen atoms in total. The second-order valence-electron chi connectivity index (χ2n) is 5.97. The zero-order valence-electron chi connectivity index (χ0n) is 13.9. The van der Waals surface area contributed by atoms with E-state index in [1.165, 1.54) is 17.0 Å². The molecule has 2 aromatic rings. The molecular formula is C19H17FN2O3. The van der Waals surface area contributed by atoms with Crippen molar-refractivity contribution in [3.05, 3.63) is 71.0 Å². The van der Waals surface area contributed by atoms with E-state index < -0.39 is 11.8 Å². The first kappa shape index (κ1) is 16.8. The maximum Gasteiger partial charge on any atom is 0.262 e. The third-order valence-electron chi connectivity index (χ3n) is 4.50. The van der Waals surface area contributed by atoms with E-state index >= 15 is 0 Å². The number of benzene rings is 2. The Kier molecular flexibility index (Phi) is 4.35. The number of halogens is 1. The van der Waals surface area contributed by atoms with Crippen LogP contribution in [0.15, 0.2) is 48.5 Å². The van der Waals surface area contributed by atoms with E-state index in [2.05, 4.69) is 0 Å². The number of rotatable bonds is 4. The van der Waals surface area contributed by atoms with Crippen LogP contribution >= 0.6 is 0 Å². The topological polar surface area (TPSA) is 57.7 Å². The van der Waals surface area contributed by atoms with Crippen LogP contribution in [0.3, 0.4) is 0 Å². The van der Waals surface area contributed by atoms with Gasteiger partial charge < -0.3 is 4.90 Å². The average Bonchev–Trinajstić information content (AvgIpc) is 2.86. The zero-order chi connectivity index (χ0) is 18.1. The van der Waals surface area contributed by atoms with Crippen LogP contribution in [0, 0.1) is 5.82 Å². The molecule has 3 amide bonds. The van der Waals surface area contributed by atoms with Crippen molar-refractivity contribution < 1.29 is 18.8 Å². The maximum atomic E-state index is 13.0. The Morgan fingerprint density at radius 1 is 1.04 bits per heavy atom. The monoisotopic (exact) mass is 340 g/mol. The van der Waals surface area contributed by atoms with Crippen molar-refractivity contribution in [2.24, 2.45) is 0 Å². The van der Waals surface area contributed by atoms with Crippen LogP contribution in [0.5, 0.6) is 0 Å². The number of hydrogen-bond acceptors (Lipinski definition) is 3. The number of likely N-dealkylation sites (N-methyl/N-ethyl adjacent to an activating group) is 1. The summed E-state index contributed by atoms with van der Waals surface area (Å²) in [7, 11) is 1.59. The number of carbonyl (C=O) groups excluding carboxylic acids is 3. The van der Waals surface area contributed by atoms with Gasteiger partial charge in [0.15, 0.2) is 0 Å². The lowest BCUT2D eigenvalue weighted by Gasteiger charge is -2.27. The molecule has 0 aliphatic carbocycles. The van der Waals surface area contributed by atoms with Gasteiger partial charge in [0.1, 0.15) is 12.4 Å². The van der Waals surface area contributed by atoms with E-state index in [1.54, 1.807) is 50.4 Å². The fourth-order valence-electron chi connectivity index (χ4n) is 2.81. The summed E-state index contributed by atoms with van der Waals surface area (Å²) in [6.45, 7) is 1.47. The molecule has 0 saturated carbocycles. The molecular weight excluding hydrogens is 323 g/mol. The molecule has 1 aliphatic heterocycles. The summed E-state index contributed by atoms with van der Waals surface area (Å²) in [5.41, 5.74) is 1.39. The Balaban J connectivity index is 1.73. The highest BCUT2D eigenvalue weighted by Gasteiger charge is 2.37. The van der Waals surface area contributed by atoms with Gasteiger partial charge in [0.05, 0.1) is 17.2 Å². The Morgan fingerprint density at radius 3 is 2.08 bits per heavy atom. The van der Waals surface area contributed by atoms with Gasteiger partial charge in [-0.3, -0.25) is 19.3 Å². The fraction of sp³-hybridized carbons (Fsp3) is 0.211. The molecule has 6 heteroatoms. The largest absolute Gasteiger partial charge is 0.337 e. The molecule has 0 fully saturated rings. The van der Waals surface area contributed by atoms with Crippen LogP contribution in [0.1, 0.15) is 39.2 Å². The smallest absolute Gasteiger partial charge is 0.262 e. The van der Waals surface area contributed by atoms with Crippen molar-refractivity contribution in [1.29, 1.82) is 0 Å². The summed E-state index contributed by atoms with van der Waals surface area (Å²) in [5.74, 6) is -1.64. The van der Waals surface area contributed by atoms with Gasteiger partial charge in [-0.05, 0) is 36.8 Å².